The van der Waals surface area contributed by atoms with Crippen molar-refractivity contribution in [3.05, 3.63) is 26.5 Å². The third-order valence-electron chi connectivity index (χ3n) is 2.17. The lowest BCUT2D eigenvalue weighted by molar-refractivity contribution is 0.296. The average molecular weight is 327 g/mol. The van der Waals surface area contributed by atoms with Crippen LogP contribution in [0.2, 0.25) is 5.02 Å². The molecule has 0 saturated heterocycles. The maximum atomic E-state index is 13.3. The van der Waals surface area contributed by atoms with Crippen LogP contribution in [0.4, 0.5) is 4.39 Å². The average Bonchev–Trinajstić information content (AvgIpc) is 2.97. The van der Waals surface area contributed by atoms with Gasteiger partial charge in [-0.3, -0.25) is 0 Å². The highest BCUT2D eigenvalue weighted by Crippen LogP contribution is 2.32. The van der Waals surface area contributed by atoms with Crippen LogP contribution in [-0.2, 0) is 0 Å². The molecule has 1 nitrogen and oxygen atoms in total. The number of halogens is 3. The number of hydrogen-bond acceptors (Lipinski definition) is 1. The largest absolute Gasteiger partial charge is 0.492 e. The van der Waals surface area contributed by atoms with Gasteiger partial charge in [-0.2, -0.15) is 0 Å². The highest BCUT2D eigenvalue weighted by atomic mass is 127. The van der Waals surface area contributed by atoms with E-state index in [0.717, 1.165) is 0 Å². The van der Waals surface area contributed by atoms with Gasteiger partial charge >= 0.3 is 0 Å². The van der Waals surface area contributed by atoms with E-state index in [1.54, 1.807) is 6.07 Å². The Hall–Kier alpha value is -0.0300. The molecule has 0 atom stereocenters. The van der Waals surface area contributed by atoms with Gasteiger partial charge in [-0.1, -0.05) is 11.6 Å². The lowest BCUT2D eigenvalue weighted by Gasteiger charge is -2.08. The van der Waals surface area contributed by atoms with Crippen molar-refractivity contribution in [3.63, 3.8) is 0 Å². The number of hydrogen-bond donors (Lipinski definition) is 0. The van der Waals surface area contributed by atoms with Gasteiger partial charge in [0.05, 0.1) is 15.2 Å². The summed E-state index contributed by atoms with van der Waals surface area (Å²) in [5.41, 5.74) is 0. The molecule has 1 aromatic carbocycles. The fourth-order valence-electron chi connectivity index (χ4n) is 1.11. The zero-order chi connectivity index (χ0) is 10.1. The van der Waals surface area contributed by atoms with Crippen molar-refractivity contribution >= 4 is 34.2 Å². The molecule has 0 bridgehead atoms. The van der Waals surface area contributed by atoms with E-state index in [0.29, 0.717) is 21.8 Å². The van der Waals surface area contributed by atoms with Crippen LogP contribution in [0.3, 0.4) is 0 Å². The minimum atomic E-state index is -0.388. The molecular formula is C10H9ClFIO. The molecule has 14 heavy (non-hydrogen) atoms. The molecule has 1 aliphatic rings. The van der Waals surface area contributed by atoms with E-state index in [4.69, 9.17) is 16.3 Å². The van der Waals surface area contributed by atoms with Gasteiger partial charge in [0.1, 0.15) is 5.75 Å². The van der Waals surface area contributed by atoms with Crippen LogP contribution in [0.15, 0.2) is 12.1 Å². The van der Waals surface area contributed by atoms with Gasteiger partial charge in [-0.25, -0.2) is 4.39 Å². The first-order chi connectivity index (χ1) is 6.68. The molecule has 0 radical (unpaired) electrons. The summed E-state index contributed by atoms with van der Waals surface area (Å²) in [5.74, 6) is 0.879. The van der Waals surface area contributed by atoms with Crippen LogP contribution < -0.4 is 4.74 Å². The zero-order valence-electron chi connectivity index (χ0n) is 7.40. The highest BCUT2D eigenvalue weighted by molar-refractivity contribution is 14.1. The quantitative estimate of drug-likeness (QED) is 0.605. The Kier molecular flexibility index (Phi) is 3.17. The molecule has 1 aromatic rings. The van der Waals surface area contributed by atoms with Crippen molar-refractivity contribution in [1.29, 1.82) is 0 Å². The van der Waals surface area contributed by atoms with Crippen LogP contribution in [-0.4, -0.2) is 6.61 Å². The standard InChI is InChI=1S/C10H9ClFIO/c11-7-3-4-8(10(13)9(7)12)14-5-6-1-2-6/h3-4,6H,1-2,5H2. The predicted octanol–water partition coefficient (Wildman–Crippen LogP) is 3.87. The summed E-state index contributed by atoms with van der Waals surface area (Å²) in [4.78, 5) is 0. The molecule has 0 aliphatic heterocycles. The van der Waals surface area contributed by atoms with Gasteiger partial charge in [-0.15, -0.1) is 0 Å². The fourth-order valence-corrected chi connectivity index (χ4v) is 2.05. The Morgan fingerprint density at radius 1 is 1.50 bits per heavy atom. The van der Waals surface area contributed by atoms with Crippen molar-refractivity contribution in [2.75, 3.05) is 6.61 Å². The molecule has 0 heterocycles. The molecule has 2 rings (SSSR count). The lowest BCUT2D eigenvalue weighted by atomic mass is 10.3. The SMILES string of the molecule is Fc1c(Cl)ccc(OCC2CC2)c1I. The molecular weight excluding hydrogens is 317 g/mol. The molecule has 0 N–H and O–H groups in total. The van der Waals surface area contributed by atoms with E-state index in [2.05, 4.69) is 0 Å². The first-order valence-corrected chi connectivity index (χ1v) is 5.90. The van der Waals surface area contributed by atoms with Crippen LogP contribution in [0.1, 0.15) is 12.8 Å². The van der Waals surface area contributed by atoms with Gasteiger partial charge in [0.25, 0.3) is 0 Å². The van der Waals surface area contributed by atoms with Crippen molar-refractivity contribution in [1.82, 2.24) is 0 Å². The molecule has 0 amide bonds. The lowest BCUT2D eigenvalue weighted by Crippen LogP contribution is -2.01. The minimum absolute atomic E-state index is 0.146. The second-order valence-electron chi connectivity index (χ2n) is 3.43. The van der Waals surface area contributed by atoms with Gasteiger partial charge in [0, 0.05) is 0 Å². The Balaban J connectivity index is 2.11. The second-order valence-corrected chi connectivity index (χ2v) is 4.91. The molecule has 1 saturated carbocycles. The van der Waals surface area contributed by atoms with Crippen LogP contribution in [0.5, 0.6) is 5.75 Å². The molecule has 0 spiro atoms. The molecule has 76 valence electrons. The van der Waals surface area contributed by atoms with Crippen LogP contribution >= 0.6 is 34.2 Å². The van der Waals surface area contributed by atoms with E-state index in [1.807, 2.05) is 22.6 Å². The van der Waals surface area contributed by atoms with Gasteiger partial charge < -0.3 is 4.74 Å². The third kappa shape index (κ3) is 2.31. The van der Waals surface area contributed by atoms with Crippen LogP contribution in [0.25, 0.3) is 0 Å². The Labute approximate surface area is 101 Å². The monoisotopic (exact) mass is 326 g/mol. The Morgan fingerprint density at radius 2 is 2.21 bits per heavy atom. The molecule has 0 aromatic heterocycles. The Bertz CT molecular complexity index is 352. The van der Waals surface area contributed by atoms with Crippen molar-refractivity contribution < 1.29 is 9.13 Å². The maximum Gasteiger partial charge on any atom is 0.158 e. The van der Waals surface area contributed by atoms with Gasteiger partial charge in [0.15, 0.2) is 5.82 Å². The van der Waals surface area contributed by atoms with E-state index in [-0.39, 0.29) is 10.8 Å². The van der Waals surface area contributed by atoms with E-state index in [1.165, 1.54) is 18.9 Å². The fraction of sp³-hybridized carbons (Fsp3) is 0.400. The predicted molar refractivity (Wildman–Crippen MR) is 62.3 cm³/mol. The normalized spacial score (nSPS) is 15.6. The number of ether oxygens (including phenoxy) is 1. The van der Waals surface area contributed by atoms with Crippen molar-refractivity contribution in [2.45, 2.75) is 12.8 Å². The zero-order valence-corrected chi connectivity index (χ0v) is 10.3. The molecule has 0 unspecified atom stereocenters. The first kappa shape index (κ1) is 10.5. The smallest absolute Gasteiger partial charge is 0.158 e. The van der Waals surface area contributed by atoms with E-state index >= 15 is 0 Å². The van der Waals surface area contributed by atoms with Gasteiger partial charge in [-0.05, 0) is 53.5 Å². The maximum absolute atomic E-state index is 13.3. The summed E-state index contributed by atoms with van der Waals surface area (Å²) < 4.78 is 19.3. The molecule has 4 heteroatoms. The molecule has 1 fully saturated rings. The summed E-state index contributed by atoms with van der Waals surface area (Å²) in [6.07, 6.45) is 2.46. The molecule has 1 aliphatic carbocycles. The second kappa shape index (κ2) is 4.23. The summed E-state index contributed by atoms with van der Waals surface area (Å²) in [5, 5.41) is 0.146. The highest BCUT2D eigenvalue weighted by Gasteiger charge is 2.22. The summed E-state index contributed by atoms with van der Waals surface area (Å²) >= 11 is 7.54. The first-order valence-electron chi connectivity index (χ1n) is 4.45. The number of benzene rings is 1. The van der Waals surface area contributed by atoms with Crippen molar-refractivity contribution in [2.24, 2.45) is 5.92 Å². The summed E-state index contributed by atoms with van der Waals surface area (Å²) in [6.45, 7) is 0.692. The Morgan fingerprint density at radius 3 is 2.86 bits per heavy atom. The minimum Gasteiger partial charge on any atom is -0.492 e. The van der Waals surface area contributed by atoms with E-state index < -0.39 is 0 Å². The van der Waals surface area contributed by atoms with Gasteiger partial charge in [0.2, 0.25) is 0 Å². The summed E-state index contributed by atoms with van der Waals surface area (Å²) in [7, 11) is 0. The van der Waals surface area contributed by atoms with E-state index in [9.17, 15) is 4.39 Å². The van der Waals surface area contributed by atoms with Crippen LogP contribution in [0, 0.1) is 15.3 Å². The number of rotatable bonds is 3. The summed E-state index contributed by atoms with van der Waals surface area (Å²) in [6, 6.07) is 3.25. The topological polar surface area (TPSA) is 9.23 Å². The van der Waals surface area contributed by atoms with Crippen molar-refractivity contribution in [3.8, 4) is 5.75 Å². The third-order valence-corrected chi connectivity index (χ3v) is 3.47.